The molecule has 1 unspecified atom stereocenters. The predicted octanol–water partition coefficient (Wildman–Crippen LogP) is 1.73. The lowest BCUT2D eigenvalue weighted by atomic mass is 10.1. The highest BCUT2D eigenvalue weighted by Gasteiger charge is 1.99. The molecule has 1 aromatic carbocycles. The van der Waals surface area contributed by atoms with Crippen LogP contribution in [0.15, 0.2) is 24.3 Å². The van der Waals surface area contributed by atoms with Crippen molar-refractivity contribution in [3.63, 3.8) is 0 Å². The monoisotopic (exact) mass is 255 g/mol. The number of nitrogens with two attached hydrogens (primary N) is 1. The number of rotatable bonds is 8. The van der Waals surface area contributed by atoms with E-state index in [1.807, 2.05) is 31.2 Å². The van der Waals surface area contributed by atoms with Crippen molar-refractivity contribution in [1.82, 2.24) is 0 Å². The van der Waals surface area contributed by atoms with E-state index in [9.17, 15) is 4.21 Å². The Bertz CT molecular complexity index is 338. The molecule has 1 rings (SSSR count). The van der Waals surface area contributed by atoms with Gasteiger partial charge in [-0.05, 0) is 37.1 Å². The number of hydrogen-bond acceptors (Lipinski definition) is 3. The third kappa shape index (κ3) is 5.84. The first-order valence-corrected chi connectivity index (χ1v) is 7.52. The Hall–Kier alpha value is -0.870. The van der Waals surface area contributed by atoms with Crippen LogP contribution in [0.2, 0.25) is 0 Å². The summed E-state index contributed by atoms with van der Waals surface area (Å²) in [5.74, 6) is 2.20. The van der Waals surface area contributed by atoms with Crippen LogP contribution in [0.4, 0.5) is 0 Å². The van der Waals surface area contributed by atoms with Gasteiger partial charge in [-0.3, -0.25) is 4.21 Å². The van der Waals surface area contributed by atoms with E-state index in [0.717, 1.165) is 24.3 Å². The molecule has 1 atom stereocenters. The number of ether oxygens (including phenoxy) is 1. The molecule has 17 heavy (non-hydrogen) atoms. The smallest absolute Gasteiger partial charge is 0.119 e. The van der Waals surface area contributed by atoms with Crippen LogP contribution in [-0.4, -0.2) is 28.9 Å². The quantitative estimate of drug-likeness (QED) is 0.769. The van der Waals surface area contributed by atoms with E-state index in [1.54, 1.807) is 0 Å². The molecule has 0 aliphatic rings. The first-order valence-electron chi connectivity index (χ1n) is 6.03. The van der Waals surface area contributed by atoms with E-state index < -0.39 is 10.8 Å². The Balaban J connectivity index is 2.29. The summed E-state index contributed by atoms with van der Waals surface area (Å²) < 4.78 is 16.9. The average Bonchev–Trinajstić information content (AvgIpc) is 2.32. The lowest BCUT2D eigenvalue weighted by Crippen LogP contribution is -2.10. The molecule has 3 nitrogen and oxygen atoms in total. The molecule has 0 bridgehead atoms. The van der Waals surface area contributed by atoms with Gasteiger partial charge in [-0.1, -0.05) is 19.1 Å². The molecular weight excluding hydrogens is 234 g/mol. The fraction of sp³-hybridized carbons (Fsp3) is 0.538. The molecule has 0 amide bonds. The summed E-state index contributed by atoms with van der Waals surface area (Å²) in [6.45, 7) is 3.22. The van der Waals surface area contributed by atoms with Crippen molar-refractivity contribution in [2.75, 3.05) is 24.7 Å². The van der Waals surface area contributed by atoms with E-state index in [0.29, 0.717) is 18.9 Å². The predicted molar refractivity (Wildman–Crippen MR) is 72.9 cm³/mol. The maximum absolute atomic E-state index is 11.4. The average molecular weight is 255 g/mol. The molecule has 4 heteroatoms. The second-order valence-corrected chi connectivity index (χ2v) is 5.58. The van der Waals surface area contributed by atoms with Crippen molar-refractivity contribution >= 4 is 10.8 Å². The van der Waals surface area contributed by atoms with Crippen LogP contribution < -0.4 is 10.5 Å². The Morgan fingerprint density at radius 1 is 1.24 bits per heavy atom. The SMILES string of the molecule is CCCS(=O)CCOc1ccc(CCN)cc1. The summed E-state index contributed by atoms with van der Waals surface area (Å²) in [6, 6.07) is 7.91. The fourth-order valence-electron chi connectivity index (χ4n) is 1.50. The summed E-state index contributed by atoms with van der Waals surface area (Å²) in [4.78, 5) is 0. The third-order valence-corrected chi connectivity index (χ3v) is 3.85. The normalized spacial score (nSPS) is 12.4. The van der Waals surface area contributed by atoms with Gasteiger partial charge < -0.3 is 10.5 Å². The molecule has 2 N–H and O–H groups in total. The zero-order valence-electron chi connectivity index (χ0n) is 10.4. The first kappa shape index (κ1) is 14.2. The number of benzene rings is 1. The van der Waals surface area contributed by atoms with Crippen molar-refractivity contribution in [2.45, 2.75) is 19.8 Å². The lowest BCUT2D eigenvalue weighted by Gasteiger charge is -2.06. The summed E-state index contributed by atoms with van der Waals surface area (Å²) in [5, 5.41) is 0. The van der Waals surface area contributed by atoms with Gasteiger partial charge in [-0.2, -0.15) is 0 Å². The van der Waals surface area contributed by atoms with E-state index in [2.05, 4.69) is 0 Å². The molecule has 1 aromatic rings. The van der Waals surface area contributed by atoms with Crippen molar-refractivity contribution in [2.24, 2.45) is 5.73 Å². The molecular formula is C13H21NO2S. The molecule has 0 aliphatic carbocycles. The Morgan fingerprint density at radius 3 is 2.53 bits per heavy atom. The minimum Gasteiger partial charge on any atom is -0.493 e. The third-order valence-electron chi connectivity index (χ3n) is 2.37. The second kappa shape index (κ2) is 8.25. The zero-order valence-corrected chi connectivity index (χ0v) is 11.2. The molecule has 0 heterocycles. The molecule has 0 fully saturated rings. The standard InChI is InChI=1S/C13H21NO2S/c1-2-10-17(15)11-9-16-13-5-3-12(4-6-13)7-8-14/h3-6H,2,7-11,14H2,1H3. The fourth-order valence-corrected chi connectivity index (χ4v) is 2.43. The van der Waals surface area contributed by atoms with Crippen LogP contribution in [0.1, 0.15) is 18.9 Å². The first-order chi connectivity index (χ1) is 8.26. The largest absolute Gasteiger partial charge is 0.493 e. The van der Waals surface area contributed by atoms with Gasteiger partial charge in [0.25, 0.3) is 0 Å². The Labute approximate surface area is 106 Å². The van der Waals surface area contributed by atoms with Crippen molar-refractivity contribution in [3.05, 3.63) is 29.8 Å². The Kier molecular flexibility index (Phi) is 6.89. The van der Waals surface area contributed by atoms with Crippen LogP contribution in [-0.2, 0) is 17.2 Å². The van der Waals surface area contributed by atoms with Crippen molar-refractivity contribution < 1.29 is 8.95 Å². The van der Waals surface area contributed by atoms with Crippen LogP contribution in [0.5, 0.6) is 5.75 Å². The Morgan fingerprint density at radius 2 is 1.94 bits per heavy atom. The minimum atomic E-state index is -0.743. The van der Waals surface area contributed by atoms with Gasteiger partial charge in [0.2, 0.25) is 0 Å². The van der Waals surface area contributed by atoms with Gasteiger partial charge in [0.05, 0.1) is 12.4 Å². The highest BCUT2D eigenvalue weighted by Crippen LogP contribution is 2.12. The summed E-state index contributed by atoms with van der Waals surface area (Å²) in [6.07, 6.45) is 1.85. The summed E-state index contributed by atoms with van der Waals surface area (Å²) in [7, 11) is -0.743. The van der Waals surface area contributed by atoms with Crippen LogP contribution >= 0.6 is 0 Å². The van der Waals surface area contributed by atoms with Crippen molar-refractivity contribution in [1.29, 1.82) is 0 Å². The number of hydrogen-bond donors (Lipinski definition) is 1. The van der Waals surface area contributed by atoms with Gasteiger partial charge >= 0.3 is 0 Å². The second-order valence-electron chi connectivity index (χ2n) is 3.88. The van der Waals surface area contributed by atoms with E-state index in [4.69, 9.17) is 10.5 Å². The van der Waals surface area contributed by atoms with Gasteiger partial charge in [0.1, 0.15) is 5.75 Å². The molecule has 0 aromatic heterocycles. The maximum atomic E-state index is 11.4. The summed E-state index contributed by atoms with van der Waals surface area (Å²) in [5.41, 5.74) is 6.69. The van der Waals surface area contributed by atoms with Crippen LogP contribution in [0.25, 0.3) is 0 Å². The highest BCUT2D eigenvalue weighted by molar-refractivity contribution is 7.84. The maximum Gasteiger partial charge on any atom is 0.119 e. The molecule has 0 aliphatic heterocycles. The molecule has 0 saturated heterocycles. The van der Waals surface area contributed by atoms with E-state index in [-0.39, 0.29) is 0 Å². The van der Waals surface area contributed by atoms with E-state index >= 15 is 0 Å². The highest BCUT2D eigenvalue weighted by atomic mass is 32.2. The van der Waals surface area contributed by atoms with Crippen molar-refractivity contribution in [3.8, 4) is 5.75 Å². The minimum absolute atomic E-state index is 0.517. The molecule has 0 spiro atoms. The van der Waals surface area contributed by atoms with Gasteiger partial charge in [0, 0.05) is 16.6 Å². The topological polar surface area (TPSA) is 52.3 Å². The van der Waals surface area contributed by atoms with Gasteiger partial charge in [-0.15, -0.1) is 0 Å². The molecule has 0 saturated carbocycles. The van der Waals surface area contributed by atoms with E-state index in [1.165, 1.54) is 5.56 Å². The van der Waals surface area contributed by atoms with Crippen LogP contribution in [0, 0.1) is 0 Å². The molecule has 0 radical (unpaired) electrons. The summed E-state index contributed by atoms with van der Waals surface area (Å²) >= 11 is 0. The van der Waals surface area contributed by atoms with Gasteiger partial charge in [-0.25, -0.2) is 0 Å². The van der Waals surface area contributed by atoms with Crippen LogP contribution in [0.3, 0.4) is 0 Å². The lowest BCUT2D eigenvalue weighted by molar-refractivity contribution is 0.342. The zero-order chi connectivity index (χ0) is 12.5. The molecule has 96 valence electrons. The van der Waals surface area contributed by atoms with Gasteiger partial charge in [0.15, 0.2) is 0 Å².